The summed E-state index contributed by atoms with van der Waals surface area (Å²) in [5, 5.41) is 17.6. The van der Waals surface area contributed by atoms with Gasteiger partial charge in [0.05, 0.1) is 0 Å². The summed E-state index contributed by atoms with van der Waals surface area (Å²) in [7, 11) is 0. The topological polar surface area (TPSA) is 40.5 Å². The van der Waals surface area contributed by atoms with Gasteiger partial charge in [-0.25, -0.2) is 0 Å². The Balaban J connectivity index is 1.77. The molecule has 0 saturated carbocycles. The Kier molecular flexibility index (Phi) is 10.1. The molecule has 0 fully saturated rings. The second-order valence-electron chi connectivity index (χ2n) is 7.17. The summed E-state index contributed by atoms with van der Waals surface area (Å²) in [6.07, 6.45) is 11.2. The number of unbranched alkanes of at least 4 members (excludes halogenated alkanes) is 6. The molecular formula is C24H34O2. The van der Waals surface area contributed by atoms with Gasteiger partial charge >= 0.3 is 0 Å². The van der Waals surface area contributed by atoms with E-state index < -0.39 is 0 Å². The van der Waals surface area contributed by atoms with Crippen molar-refractivity contribution in [2.24, 2.45) is 0 Å². The summed E-state index contributed by atoms with van der Waals surface area (Å²) in [5.41, 5.74) is 5.36. The zero-order valence-electron chi connectivity index (χ0n) is 16.0. The highest BCUT2D eigenvalue weighted by molar-refractivity contribution is 5.63. The SMILES string of the molecule is OCCCCCCc1ccc(-c2ccc(CCCCCCO)cc2)cc1. The lowest BCUT2D eigenvalue weighted by Gasteiger charge is -2.07. The molecule has 0 heterocycles. The molecule has 0 aliphatic carbocycles. The minimum absolute atomic E-state index is 0.317. The number of benzene rings is 2. The van der Waals surface area contributed by atoms with Crippen LogP contribution in [-0.2, 0) is 12.8 Å². The largest absolute Gasteiger partial charge is 0.396 e. The lowest BCUT2D eigenvalue weighted by Crippen LogP contribution is -1.89. The molecule has 0 saturated heterocycles. The van der Waals surface area contributed by atoms with Crippen LogP contribution in [-0.4, -0.2) is 23.4 Å². The van der Waals surface area contributed by atoms with E-state index in [1.165, 1.54) is 47.9 Å². The fourth-order valence-corrected chi connectivity index (χ4v) is 3.32. The van der Waals surface area contributed by atoms with Crippen LogP contribution in [0.2, 0.25) is 0 Å². The lowest BCUT2D eigenvalue weighted by molar-refractivity contribution is 0.282. The van der Waals surface area contributed by atoms with E-state index in [0.717, 1.165) is 38.5 Å². The summed E-state index contributed by atoms with van der Waals surface area (Å²) in [5.74, 6) is 0. The van der Waals surface area contributed by atoms with E-state index in [1.54, 1.807) is 0 Å². The molecule has 2 nitrogen and oxygen atoms in total. The highest BCUT2D eigenvalue weighted by atomic mass is 16.3. The van der Waals surface area contributed by atoms with Crippen LogP contribution in [0.25, 0.3) is 11.1 Å². The van der Waals surface area contributed by atoms with Crippen LogP contribution in [0.1, 0.15) is 62.5 Å². The standard InChI is InChI=1S/C24H34O2/c25-19-7-3-1-5-9-21-11-15-23(16-12-21)24-17-13-22(14-18-24)10-6-2-4-8-20-26/h11-18,25-26H,1-10,19-20H2. The zero-order chi connectivity index (χ0) is 18.5. The molecule has 2 rings (SSSR count). The molecule has 0 spiro atoms. The highest BCUT2D eigenvalue weighted by Crippen LogP contribution is 2.22. The number of hydrogen-bond acceptors (Lipinski definition) is 2. The Bertz CT molecular complexity index is 531. The number of rotatable bonds is 13. The van der Waals surface area contributed by atoms with E-state index in [4.69, 9.17) is 10.2 Å². The maximum Gasteiger partial charge on any atom is 0.0431 e. The van der Waals surface area contributed by atoms with Crippen LogP contribution in [0.5, 0.6) is 0 Å². The molecule has 2 N–H and O–H groups in total. The van der Waals surface area contributed by atoms with Crippen molar-refractivity contribution in [3.05, 3.63) is 59.7 Å². The molecule has 0 bridgehead atoms. The van der Waals surface area contributed by atoms with Gasteiger partial charge in [0, 0.05) is 13.2 Å². The van der Waals surface area contributed by atoms with Gasteiger partial charge in [0.15, 0.2) is 0 Å². The van der Waals surface area contributed by atoms with Crippen LogP contribution in [0.4, 0.5) is 0 Å². The fourth-order valence-electron chi connectivity index (χ4n) is 3.32. The Morgan fingerprint density at radius 3 is 1.12 bits per heavy atom. The second-order valence-corrected chi connectivity index (χ2v) is 7.17. The Labute approximate surface area is 158 Å². The van der Waals surface area contributed by atoms with E-state index >= 15 is 0 Å². The monoisotopic (exact) mass is 354 g/mol. The van der Waals surface area contributed by atoms with Crippen LogP contribution in [0.15, 0.2) is 48.5 Å². The van der Waals surface area contributed by atoms with E-state index in [9.17, 15) is 0 Å². The smallest absolute Gasteiger partial charge is 0.0431 e. The number of aliphatic hydroxyl groups excluding tert-OH is 2. The third-order valence-electron chi connectivity index (χ3n) is 4.99. The third kappa shape index (κ3) is 7.72. The molecule has 0 unspecified atom stereocenters. The molecule has 0 atom stereocenters. The van der Waals surface area contributed by atoms with E-state index in [-0.39, 0.29) is 0 Å². The van der Waals surface area contributed by atoms with Crippen molar-refractivity contribution in [3.63, 3.8) is 0 Å². The number of hydrogen-bond donors (Lipinski definition) is 2. The molecule has 142 valence electrons. The summed E-state index contributed by atoms with van der Waals surface area (Å²) in [6, 6.07) is 17.9. The summed E-state index contributed by atoms with van der Waals surface area (Å²) < 4.78 is 0. The van der Waals surface area contributed by atoms with Crippen molar-refractivity contribution < 1.29 is 10.2 Å². The molecular weight excluding hydrogens is 320 g/mol. The van der Waals surface area contributed by atoms with Gasteiger partial charge in [-0.05, 0) is 60.8 Å². The average molecular weight is 355 g/mol. The number of aliphatic hydroxyl groups is 2. The van der Waals surface area contributed by atoms with Crippen molar-refractivity contribution in [1.82, 2.24) is 0 Å². The predicted molar refractivity (Wildman–Crippen MR) is 110 cm³/mol. The quantitative estimate of drug-likeness (QED) is 0.463. The molecule has 26 heavy (non-hydrogen) atoms. The first kappa shape index (κ1) is 20.7. The summed E-state index contributed by atoms with van der Waals surface area (Å²) >= 11 is 0. The maximum atomic E-state index is 8.80. The second kappa shape index (κ2) is 12.7. The molecule has 2 aromatic rings. The highest BCUT2D eigenvalue weighted by Gasteiger charge is 2.00. The first-order chi connectivity index (χ1) is 12.8. The normalized spacial score (nSPS) is 11.0. The van der Waals surface area contributed by atoms with E-state index in [0.29, 0.717) is 13.2 Å². The van der Waals surface area contributed by atoms with Crippen molar-refractivity contribution in [2.75, 3.05) is 13.2 Å². The third-order valence-corrected chi connectivity index (χ3v) is 4.99. The first-order valence-corrected chi connectivity index (χ1v) is 10.2. The first-order valence-electron chi connectivity index (χ1n) is 10.2. The summed E-state index contributed by atoms with van der Waals surface area (Å²) in [6.45, 7) is 0.633. The van der Waals surface area contributed by atoms with Crippen molar-refractivity contribution >= 4 is 0 Å². The van der Waals surface area contributed by atoms with Gasteiger partial charge in [-0.1, -0.05) is 74.2 Å². The fraction of sp³-hybridized carbons (Fsp3) is 0.500. The van der Waals surface area contributed by atoms with Gasteiger partial charge in [0.1, 0.15) is 0 Å². The number of aryl methyl sites for hydroxylation is 2. The van der Waals surface area contributed by atoms with Crippen molar-refractivity contribution in [1.29, 1.82) is 0 Å². The molecule has 0 aromatic heterocycles. The van der Waals surface area contributed by atoms with Crippen LogP contribution in [0.3, 0.4) is 0 Å². The molecule has 0 radical (unpaired) electrons. The van der Waals surface area contributed by atoms with Crippen molar-refractivity contribution in [2.45, 2.75) is 64.2 Å². The molecule has 2 aromatic carbocycles. The Morgan fingerprint density at radius 1 is 0.423 bits per heavy atom. The van der Waals surface area contributed by atoms with E-state index in [2.05, 4.69) is 48.5 Å². The van der Waals surface area contributed by atoms with Gasteiger partial charge in [-0.2, -0.15) is 0 Å². The minimum Gasteiger partial charge on any atom is -0.396 e. The minimum atomic E-state index is 0.317. The summed E-state index contributed by atoms with van der Waals surface area (Å²) in [4.78, 5) is 0. The van der Waals surface area contributed by atoms with Gasteiger partial charge in [0.25, 0.3) is 0 Å². The van der Waals surface area contributed by atoms with Crippen molar-refractivity contribution in [3.8, 4) is 11.1 Å². The Hall–Kier alpha value is -1.64. The van der Waals surface area contributed by atoms with Gasteiger partial charge < -0.3 is 10.2 Å². The van der Waals surface area contributed by atoms with Gasteiger partial charge in [0.2, 0.25) is 0 Å². The molecule has 0 aliphatic heterocycles. The molecule has 0 amide bonds. The van der Waals surface area contributed by atoms with Crippen LogP contribution in [0, 0.1) is 0 Å². The van der Waals surface area contributed by atoms with Crippen LogP contribution < -0.4 is 0 Å². The maximum absolute atomic E-state index is 8.80. The lowest BCUT2D eigenvalue weighted by atomic mass is 9.99. The van der Waals surface area contributed by atoms with E-state index in [1.807, 2.05) is 0 Å². The van der Waals surface area contributed by atoms with Gasteiger partial charge in [-0.15, -0.1) is 0 Å². The van der Waals surface area contributed by atoms with Gasteiger partial charge in [-0.3, -0.25) is 0 Å². The molecule has 0 aliphatic rings. The molecule has 2 heteroatoms. The average Bonchev–Trinajstić information content (AvgIpc) is 2.69. The van der Waals surface area contributed by atoms with Crippen LogP contribution >= 0.6 is 0 Å². The Morgan fingerprint density at radius 2 is 0.769 bits per heavy atom. The zero-order valence-corrected chi connectivity index (χ0v) is 16.0. The predicted octanol–water partition coefficient (Wildman–Crippen LogP) is 5.54.